The molecule has 2 aromatic carbocycles. The van der Waals surface area contributed by atoms with Crippen molar-refractivity contribution < 1.29 is 8.78 Å². The summed E-state index contributed by atoms with van der Waals surface area (Å²) in [6.07, 6.45) is 0.363. The largest absolute Gasteiger partial charge is 0.370 e. The summed E-state index contributed by atoms with van der Waals surface area (Å²) in [6, 6.07) is 11.2. The van der Waals surface area contributed by atoms with E-state index in [1.807, 2.05) is 31.2 Å². The van der Waals surface area contributed by atoms with E-state index >= 15 is 0 Å². The zero-order valence-electron chi connectivity index (χ0n) is 11.7. The highest BCUT2D eigenvalue weighted by Gasteiger charge is 2.03. The van der Waals surface area contributed by atoms with Gasteiger partial charge >= 0.3 is 0 Å². The van der Waals surface area contributed by atoms with Gasteiger partial charge in [0.15, 0.2) is 5.96 Å². The zero-order chi connectivity index (χ0) is 15.2. The normalized spacial score (nSPS) is 11.5. The molecule has 0 saturated carbocycles. The smallest absolute Gasteiger partial charge is 0.193 e. The first-order chi connectivity index (χ1) is 10.0. The van der Waals surface area contributed by atoms with Crippen molar-refractivity contribution in [2.24, 2.45) is 10.7 Å². The lowest BCUT2D eigenvalue weighted by atomic mass is 10.1. The number of nitrogens with one attached hydrogen (secondary N) is 1. The van der Waals surface area contributed by atoms with Crippen molar-refractivity contribution in [3.05, 3.63) is 65.2 Å². The molecule has 110 valence electrons. The number of hydrogen-bond donors (Lipinski definition) is 2. The molecule has 0 aliphatic carbocycles. The van der Waals surface area contributed by atoms with Crippen LogP contribution in [0.2, 0.25) is 0 Å². The summed E-state index contributed by atoms with van der Waals surface area (Å²) < 4.78 is 26.2. The van der Waals surface area contributed by atoms with Gasteiger partial charge in [-0.1, -0.05) is 23.8 Å². The van der Waals surface area contributed by atoms with Crippen molar-refractivity contribution in [1.29, 1.82) is 0 Å². The van der Waals surface area contributed by atoms with E-state index in [1.54, 1.807) is 0 Å². The minimum Gasteiger partial charge on any atom is -0.370 e. The van der Waals surface area contributed by atoms with Gasteiger partial charge in [0, 0.05) is 18.3 Å². The summed E-state index contributed by atoms with van der Waals surface area (Å²) in [5.41, 5.74) is 8.17. The van der Waals surface area contributed by atoms with Crippen LogP contribution in [0.5, 0.6) is 0 Å². The number of nitrogens with zero attached hydrogens (tertiary/aromatic N) is 1. The van der Waals surface area contributed by atoms with Crippen LogP contribution in [0.3, 0.4) is 0 Å². The summed E-state index contributed by atoms with van der Waals surface area (Å²) in [5.74, 6) is -0.878. The van der Waals surface area contributed by atoms with Crippen molar-refractivity contribution >= 4 is 11.6 Å². The molecule has 5 heteroatoms. The van der Waals surface area contributed by atoms with Gasteiger partial charge in [-0.2, -0.15) is 0 Å². The number of hydrogen-bond acceptors (Lipinski definition) is 1. The molecule has 0 spiro atoms. The molecule has 0 fully saturated rings. The van der Waals surface area contributed by atoms with Crippen LogP contribution in [0.15, 0.2) is 47.5 Å². The topological polar surface area (TPSA) is 50.4 Å². The molecule has 0 radical (unpaired) electrons. The molecular weight excluding hydrogens is 272 g/mol. The average Bonchev–Trinajstić information content (AvgIpc) is 2.44. The third kappa shape index (κ3) is 4.56. The Hall–Kier alpha value is -2.43. The van der Waals surface area contributed by atoms with Crippen molar-refractivity contribution in [3.8, 4) is 0 Å². The predicted molar refractivity (Wildman–Crippen MR) is 81.4 cm³/mol. The SMILES string of the molecule is Cc1ccc(NC(N)=NCCc2ccc(F)cc2F)cc1. The van der Waals surface area contributed by atoms with Crippen LogP contribution in [0.1, 0.15) is 11.1 Å². The Bertz CT molecular complexity index is 636. The van der Waals surface area contributed by atoms with Crippen LogP contribution in [0.4, 0.5) is 14.5 Å². The maximum Gasteiger partial charge on any atom is 0.193 e. The summed E-state index contributed by atoms with van der Waals surface area (Å²) in [4.78, 5) is 4.12. The number of aliphatic imine (C=N–C) groups is 1. The van der Waals surface area contributed by atoms with Gasteiger partial charge in [-0.15, -0.1) is 0 Å². The molecule has 0 bridgehead atoms. The standard InChI is InChI=1S/C16H17F2N3/c1-11-2-6-14(7-3-11)21-16(19)20-9-8-12-4-5-13(17)10-15(12)18/h2-7,10H,8-9H2,1H3,(H3,19,20,21). The third-order valence-corrected chi connectivity index (χ3v) is 3.00. The van der Waals surface area contributed by atoms with Crippen molar-refractivity contribution in [2.75, 3.05) is 11.9 Å². The molecule has 0 aliphatic rings. The number of guanidine groups is 1. The zero-order valence-corrected chi connectivity index (χ0v) is 11.7. The maximum absolute atomic E-state index is 13.4. The first-order valence-corrected chi connectivity index (χ1v) is 6.62. The van der Waals surface area contributed by atoms with Crippen molar-refractivity contribution in [2.45, 2.75) is 13.3 Å². The lowest BCUT2D eigenvalue weighted by Gasteiger charge is -2.06. The summed E-state index contributed by atoms with van der Waals surface area (Å²) >= 11 is 0. The lowest BCUT2D eigenvalue weighted by Crippen LogP contribution is -2.23. The molecule has 0 aromatic heterocycles. The van der Waals surface area contributed by atoms with Crippen LogP contribution in [0, 0.1) is 18.6 Å². The Balaban J connectivity index is 1.90. The fraction of sp³-hybridized carbons (Fsp3) is 0.188. The van der Waals surface area contributed by atoms with Gasteiger partial charge < -0.3 is 11.1 Å². The van der Waals surface area contributed by atoms with Crippen LogP contribution >= 0.6 is 0 Å². The van der Waals surface area contributed by atoms with Gasteiger partial charge in [-0.25, -0.2) is 8.78 Å². The molecule has 0 aliphatic heterocycles. The Labute approximate surface area is 122 Å². The van der Waals surface area contributed by atoms with Crippen molar-refractivity contribution in [1.82, 2.24) is 0 Å². The summed E-state index contributed by atoms with van der Waals surface area (Å²) in [5, 5.41) is 2.95. The molecule has 0 atom stereocenters. The Morgan fingerprint density at radius 1 is 1.14 bits per heavy atom. The van der Waals surface area contributed by atoms with E-state index in [4.69, 9.17) is 5.73 Å². The quantitative estimate of drug-likeness (QED) is 0.670. The molecule has 21 heavy (non-hydrogen) atoms. The molecule has 0 heterocycles. The minimum atomic E-state index is -0.583. The number of benzene rings is 2. The molecule has 0 amide bonds. The molecule has 0 saturated heterocycles. The maximum atomic E-state index is 13.4. The van der Waals surface area contributed by atoms with E-state index in [1.165, 1.54) is 12.1 Å². The highest BCUT2D eigenvalue weighted by atomic mass is 19.1. The van der Waals surface area contributed by atoms with Gasteiger partial charge in [0.05, 0.1) is 0 Å². The van der Waals surface area contributed by atoms with Crippen LogP contribution in [-0.2, 0) is 6.42 Å². The molecule has 2 rings (SSSR count). The van der Waals surface area contributed by atoms with Crippen LogP contribution in [0.25, 0.3) is 0 Å². The summed E-state index contributed by atoms with van der Waals surface area (Å²) in [7, 11) is 0. The van der Waals surface area contributed by atoms with E-state index in [2.05, 4.69) is 10.3 Å². The van der Waals surface area contributed by atoms with Gasteiger partial charge in [-0.3, -0.25) is 4.99 Å². The summed E-state index contributed by atoms with van der Waals surface area (Å²) in [6.45, 7) is 2.33. The second-order valence-corrected chi connectivity index (χ2v) is 4.74. The average molecular weight is 289 g/mol. The first kappa shape index (κ1) is 15.0. The number of halogens is 2. The first-order valence-electron chi connectivity index (χ1n) is 6.62. The van der Waals surface area contributed by atoms with Crippen LogP contribution < -0.4 is 11.1 Å². The van der Waals surface area contributed by atoms with Crippen molar-refractivity contribution in [3.63, 3.8) is 0 Å². The van der Waals surface area contributed by atoms with Gasteiger partial charge in [0.1, 0.15) is 11.6 Å². The second kappa shape index (κ2) is 6.83. The third-order valence-electron chi connectivity index (χ3n) is 3.00. The second-order valence-electron chi connectivity index (χ2n) is 4.74. The van der Waals surface area contributed by atoms with Gasteiger partial charge in [0.2, 0.25) is 0 Å². The number of rotatable bonds is 4. The van der Waals surface area contributed by atoms with Crippen LogP contribution in [-0.4, -0.2) is 12.5 Å². The Kier molecular flexibility index (Phi) is 4.87. The molecule has 3 N–H and O–H groups in total. The highest BCUT2D eigenvalue weighted by Crippen LogP contribution is 2.10. The monoisotopic (exact) mass is 289 g/mol. The van der Waals surface area contributed by atoms with Gasteiger partial charge in [0.25, 0.3) is 0 Å². The van der Waals surface area contributed by atoms with E-state index in [0.717, 1.165) is 17.3 Å². The predicted octanol–water partition coefficient (Wildman–Crippen LogP) is 3.24. The molecule has 0 unspecified atom stereocenters. The highest BCUT2D eigenvalue weighted by molar-refractivity contribution is 5.92. The fourth-order valence-electron chi connectivity index (χ4n) is 1.85. The van der Waals surface area contributed by atoms with E-state index < -0.39 is 11.6 Å². The minimum absolute atomic E-state index is 0.265. The number of aryl methyl sites for hydroxylation is 1. The van der Waals surface area contributed by atoms with E-state index in [-0.39, 0.29) is 5.96 Å². The fourth-order valence-corrected chi connectivity index (χ4v) is 1.85. The molecule has 3 nitrogen and oxygen atoms in total. The lowest BCUT2D eigenvalue weighted by molar-refractivity contribution is 0.572. The van der Waals surface area contributed by atoms with Gasteiger partial charge in [-0.05, 0) is 37.1 Å². The number of anilines is 1. The Morgan fingerprint density at radius 3 is 2.52 bits per heavy atom. The molecular formula is C16H17F2N3. The van der Waals surface area contributed by atoms with E-state index in [9.17, 15) is 8.78 Å². The Morgan fingerprint density at radius 2 is 1.86 bits per heavy atom. The van der Waals surface area contributed by atoms with E-state index in [0.29, 0.717) is 18.5 Å². The number of nitrogens with two attached hydrogens (primary N) is 1. The molecule has 2 aromatic rings.